The molecule has 1 aliphatic heterocycles. The van der Waals surface area contributed by atoms with E-state index >= 15 is 0 Å². The first-order valence-corrected chi connectivity index (χ1v) is 6.04. The van der Waals surface area contributed by atoms with E-state index in [1.807, 2.05) is 12.1 Å². The highest BCUT2D eigenvalue weighted by Gasteiger charge is 2.25. The molecule has 0 fully saturated rings. The summed E-state index contributed by atoms with van der Waals surface area (Å²) in [4.78, 5) is 13.3. The quantitative estimate of drug-likeness (QED) is 0.866. The van der Waals surface area contributed by atoms with Crippen molar-refractivity contribution in [1.82, 2.24) is 0 Å². The Hall–Kier alpha value is -1.35. The van der Waals surface area contributed by atoms with Crippen LogP contribution in [0.1, 0.15) is 30.9 Å². The molecule has 3 nitrogen and oxygen atoms in total. The SMILES string of the molecule is CC(C)C(CO)c1ccc2c(c1)CC(=O)N2C. The van der Waals surface area contributed by atoms with Crippen LogP contribution in [0.2, 0.25) is 0 Å². The summed E-state index contributed by atoms with van der Waals surface area (Å²) in [6.45, 7) is 4.36. The number of hydrogen-bond donors (Lipinski definition) is 1. The normalized spacial score (nSPS) is 16.5. The lowest BCUT2D eigenvalue weighted by Gasteiger charge is -2.20. The number of aliphatic hydroxyl groups is 1. The van der Waals surface area contributed by atoms with E-state index in [0.29, 0.717) is 12.3 Å². The van der Waals surface area contributed by atoms with Gasteiger partial charge < -0.3 is 10.0 Å². The zero-order valence-corrected chi connectivity index (χ0v) is 10.6. The van der Waals surface area contributed by atoms with Gasteiger partial charge >= 0.3 is 0 Å². The maximum absolute atomic E-state index is 11.6. The fraction of sp³-hybridized carbons (Fsp3) is 0.500. The van der Waals surface area contributed by atoms with Crippen molar-refractivity contribution in [3.63, 3.8) is 0 Å². The molecule has 17 heavy (non-hydrogen) atoms. The van der Waals surface area contributed by atoms with E-state index in [0.717, 1.165) is 16.8 Å². The molecule has 1 heterocycles. The van der Waals surface area contributed by atoms with Crippen molar-refractivity contribution in [2.75, 3.05) is 18.6 Å². The van der Waals surface area contributed by atoms with Crippen LogP contribution < -0.4 is 4.90 Å². The topological polar surface area (TPSA) is 40.5 Å². The molecular formula is C14H19NO2. The predicted octanol–water partition coefficient (Wildman–Crippen LogP) is 1.94. The number of amides is 1. The molecule has 1 aliphatic rings. The number of benzene rings is 1. The van der Waals surface area contributed by atoms with Crippen molar-refractivity contribution < 1.29 is 9.90 Å². The molecule has 1 unspecified atom stereocenters. The number of nitrogens with zero attached hydrogens (tertiary/aromatic N) is 1. The lowest BCUT2D eigenvalue weighted by atomic mass is 9.88. The standard InChI is InChI=1S/C14H19NO2/c1-9(2)12(8-16)10-4-5-13-11(6-10)7-14(17)15(13)3/h4-6,9,12,16H,7-8H2,1-3H3. The van der Waals surface area contributed by atoms with Gasteiger partial charge in [-0.2, -0.15) is 0 Å². The zero-order chi connectivity index (χ0) is 12.6. The summed E-state index contributed by atoms with van der Waals surface area (Å²) in [5.74, 6) is 0.691. The van der Waals surface area contributed by atoms with Gasteiger partial charge in [-0.05, 0) is 23.1 Å². The lowest BCUT2D eigenvalue weighted by Crippen LogP contribution is -2.20. The van der Waals surface area contributed by atoms with Gasteiger partial charge in [0.15, 0.2) is 0 Å². The van der Waals surface area contributed by atoms with Crippen LogP contribution >= 0.6 is 0 Å². The number of aliphatic hydroxyl groups excluding tert-OH is 1. The number of anilines is 1. The van der Waals surface area contributed by atoms with Gasteiger partial charge in [0, 0.05) is 18.7 Å². The van der Waals surface area contributed by atoms with Crippen molar-refractivity contribution in [2.24, 2.45) is 5.92 Å². The smallest absolute Gasteiger partial charge is 0.231 e. The Morgan fingerprint density at radius 1 is 1.41 bits per heavy atom. The summed E-state index contributed by atoms with van der Waals surface area (Å²) in [5.41, 5.74) is 3.21. The average molecular weight is 233 g/mol. The van der Waals surface area contributed by atoms with Crippen LogP contribution in [0.4, 0.5) is 5.69 Å². The van der Waals surface area contributed by atoms with Crippen LogP contribution in [-0.4, -0.2) is 24.7 Å². The second kappa shape index (κ2) is 4.49. The van der Waals surface area contributed by atoms with E-state index in [4.69, 9.17) is 0 Å². The molecule has 0 saturated carbocycles. The Morgan fingerprint density at radius 2 is 2.12 bits per heavy atom. The molecule has 2 rings (SSSR count). The van der Waals surface area contributed by atoms with Crippen LogP contribution in [0.5, 0.6) is 0 Å². The molecule has 0 aliphatic carbocycles. The van der Waals surface area contributed by atoms with Gasteiger partial charge in [-0.3, -0.25) is 4.79 Å². The highest BCUT2D eigenvalue weighted by molar-refractivity contribution is 6.00. The summed E-state index contributed by atoms with van der Waals surface area (Å²) in [7, 11) is 1.81. The molecule has 1 amide bonds. The predicted molar refractivity (Wildman–Crippen MR) is 68.2 cm³/mol. The van der Waals surface area contributed by atoms with Crippen molar-refractivity contribution >= 4 is 11.6 Å². The highest BCUT2D eigenvalue weighted by atomic mass is 16.3. The number of carbonyl (C=O) groups excluding carboxylic acids is 1. The van der Waals surface area contributed by atoms with E-state index in [2.05, 4.69) is 19.9 Å². The van der Waals surface area contributed by atoms with Gasteiger partial charge in [-0.1, -0.05) is 26.0 Å². The molecule has 3 heteroatoms. The maximum atomic E-state index is 11.6. The molecule has 0 aromatic heterocycles. The fourth-order valence-corrected chi connectivity index (χ4v) is 2.42. The van der Waals surface area contributed by atoms with E-state index < -0.39 is 0 Å². The van der Waals surface area contributed by atoms with Crippen molar-refractivity contribution in [2.45, 2.75) is 26.2 Å². The Labute approximate surface area is 102 Å². The Balaban J connectivity index is 2.35. The third-order valence-corrected chi connectivity index (χ3v) is 3.61. The largest absolute Gasteiger partial charge is 0.396 e. The number of carbonyl (C=O) groups is 1. The third kappa shape index (κ3) is 2.07. The first kappa shape index (κ1) is 12.1. The van der Waals surface area contributed by atoms with E-state index in [9.17, 15) is 9.90 Å². The summed E-state index contributed by atoms with van der Waals surface area (Å²) >= 11 is 0. The van der Waals surface area contributed by atoms with Gasteiger partial charge in [0.05, 0.1) is 13.0 Å². The average Bonchev–Trinajstić information content (AvgIpc) is 2.55. The van der Waals surface area contributed by atoms with Crippen molar-refractivity contribution in [1.29, 1.82) is 0 Å². The van der Waals surface area contributed by atoms with Crippen LogP contribution in [0.3, 0.4) is 0 Å². The van der Waals surface area contributed by atoms with Crippen LogP contribution in [0.15, 0.2) is 18.2 Å². The maximum Gasteiger partial charge on any atom is 0.231 e. The van der Waals surface area contributed by atoms with Gasteiger partial charge in [0.25, 0.3) is 0 Å². The molecule has 0 bridgehead atoms. The Bertz CT molecular complexity index is 440. The minimum absolute atomic E-state index is 0.141. The molecular weight excluding hydrogens is 214 g/mol. The molecule has 0 spiro atoms. The highest BCUT2D eigenvalue weighted by Crippen LogP contribution is 2.32. The summed E-state index contributed by atoms with van der Waals surface area (Å²) in [6, 6.07) is 6.08. The third-order valence-electron chi connectivity index (χ3n) is 3.61. The van der Waals surface area contributed by atoms with Crippen LogP contribution in [0, 0.1) is 5.92 Å². The van der Waals surface area contributed by atoms with Crippen molar-refractivity contribution in [3.05, 3.63) is 29.3 Å². The van der Waals surface area contributed by atoms with Gasteiger partial charge in [-0.25, -0.2) is 0 Å². The van der Waals surface area contributed by atoms with Crippen molar-refractivity contribution in [3.8, 4) is 0 Å². The lowest BCUT2D eigenvalue weighted by molar-refractivity contribution is -0.117. The first-order chi connectivity index (χ1) is 8.04. The number of rotatable bonds is 3. The fourth-order valence-electron chi connectivity index (χ4n) is 2.42. The summed E-state index contributed by atoms with van der Waals surface area (Å²) in [5, 5.41) is 9.43. The molecule has 1 aromatic rings. The van der Waals surface area contributed by atoms with Crippen LogP contribution in [0.25, 0.3) is 0 Å². The molecule has 0 saturated heterocycles. The molecule has 0 radical (unpaired) electrons. The molecule has 1 atom stereocenters. The minimum Gasteiger partial charge on any atom is -0.396 e. The second-order valence-electron chi connectivity index (χ2n) is 5.05. The number of fused-ring (bicyclic) bond motifs is 1. The monoisotopic (exact) mass is 233 g/mol. The summed E-state index contributed by atoms with van der Waals surface area (Å²) in [6.07, 6.45) is 0.482. The zero-order valence-electron chi connectivity index (χ0n) is 10.6. The van der Waals surface area contributed by atoms with Crippen LogP contribution in [-0.2, 0) is 11.2 Å². The van der Waals surface area contributed by atoms with Gasteiger partial charge in [0.2, 0.25) is 5.91 Å². The van der Waals surface area contributed by atoms with E-state index in [1.165, 1.54) is 0 Å². The molecule has 1 aromatic carbocycles. The second-order valence-corrected chi connectivity index (χ2v) is 5.05. The van der Waals surface area contributed by atoms with Gasteiger partial charge in [-0.15, -0.1) is 0 Å². The number of hydrogen-bond acceptors (Lipinski definition) is 2. The Morgan fingerprint density at radius 3 is 2.71 bits per heavy atom. The Kier molecular flexibility index (Phi) is 3.20. The number of likely N-dealkylation sites (N-methyl/N-ethyl adjacent to an activating group) is 1. The molecule has 92 valence electrons. The summed E-state index contributed by atoms with van der Waals surface area (Å²) < 4.78 is 0. The van der Waals surface area contributed by atoms with Gasteiger partial charge in [0.1, 0.15) is 0 Å². The minimum atomic E-state index is 0.141. The first-order valence-electron chi connectivity index (χ1n) is 6.04. The van der Waals surface area contributed by atoms with E-state index in [-0.39, 0.29) is 18.4 Å². The van der Waals surface area contributed by atoms with E-state index in [1.54, 1.807) is 11.9 Å². The molecule has 1 N–H and O–H groups in total.